The molecule has 0 aliphatic carbocycles. The van der Waals surface area contributed by atoms with Crippen LogP contribution in [0.25, 0.3) is 0 Å². The van der Waals surface area contributed by atoms with Crippen molar-refractivity contribution >= 4 is 21.8 Å². The lowest BCUT2D eigenvalue weighted by Crippen LogP contribution is -2.25. The predicted molar refractivity (Wildman–Crippen MR) is 79.9 cm³/mol. The molecule has 6 heteroatoms. The molecule has 0 heterocycles. The summed E-state index contributed by atoms with van der Waals surface area (Å²) in [5.74, 6) is 1.04. The van der Waals surface area contributed by atoms with Gasteiger partial charge in [0, 0.05) is 6.54 Å². The second kappa shape index (κ2) is 7.89. The van der Waals surface area contributed by atoms with Crippen molar-refractivity contribution in [2.45, 2.75) is 31.3 Å². The molecular formula is C13H21NO3S2. The standard InChI is InChI=1S/C13H21NO3S2/c1-11-12(10-15)6-5-7-13(11)19(16,17)14-8-3-4-9-18-2/h5-7,14-15H,3-4,8-10H2,1-2H3. The van der Waals surface area contributed by atoms with Gasteiger partial charge in [-0.25, -0.2) is 13.1 Å². The highest BCUT2D eigenvalue weighted by Gasteiger charge is 2.17. The second-order valence-corrected chi connectivity index (χ2v) is 7.02. The lowest BCUT2D eigenvalue weighted by atomic mass is 10.1. The van der Waals surface area contributed by atoms with Gasteiger partial charge in [0.15, 0.2) is 0 Å². The number of unbranched alkanes of at least 4 members (excludes halogenated alkanes) is 1. The van der Waals surface area contributed by atoms with Crippen LogP contribution in [0.5, 0.6) is 0 Å². The Balaban J connectivity index is 2.72. The third-order valence-electron chi connectivity index (χ3n) is 2.92. The summed E-state index contributed by atoms with van der Waals surface area (Å²) in [5, 5.41) is 9.16. The Morgan fingerprint density at radius 1 is 1.32 bits per heavy atom. The fourth-order valence-corrected chi connectivity index (χ4v) is 3.63. The number of hydrogen-bond acceptors (Lipinski definition) is 4. The number of nitrogens with one attached hydrogen (secondary N) is 1. The molecule has 0 spiro atoms. The van der Waals surface area contributed by atoms with E-state index in [2.05, 4.69) is 4.72 Å². The van der Waals surface area contributed by atoms with E-state index < -0.39 is 10.0 Å². The SMILES string of the molecule is CSCCCCNS(=O)(=O)c1cccc(CO)c1C. The van der Waals surface area contributed by atoms with Crippen LogP contribution in [0.2, 0.25) is 0 Å². The molecule has 0 unspecified atom stereocenters. The van der Waals surface area contributed by atoms with E-state index in [9.17, 15) is 8.42 Å². The summed E-state index contributed by atoms with van der Waals surface area (Å²) in [4.78, 5) is 0.254. The van der Waals surface area contributed by atoms with Crippen LogP contribution in [0.15, 0.2) is 23.1 Å². The molecule has 0 aliphatic rings. The van der Waals surface area contributed by atoms with Gasteiger partial charge in [-0.3, -0.25) is 0 Å². The number of hydrogen-bond donors (Lipinski definition) is 2. The first kappa shape index (κ1) is 16.5. The van der Waals surface area contributed by atoms with Gasteiger partial charge in [-0.2, -0.15) is 11.8 Å². The van der Waals surface area contributed by atoms with Crippen LogP contribution in [0.1, 0.15) is 24.0 Å². The Morgan fingerprint density at radius 2 is 2.05 bits per heavy atom. The first-order chi connectivity index (χ1) is 9.03. The van der Waals surface area contributed by atoms with Crippen LogP contribution >= 0.6 is 11.8 Å². The molecule has 1 rings (SSSR count). The van der Waals surface area contributed by atoms with Crippen molar-refractivity contribution < 1.29 is 13.5 Å². The van der Waals surface area contributed by atoms with Gasteiger partial charge in [-0.15, -0.1) is 0 Å². The van der Waals surface area contributed by atoms with Crippen LogP contribution in [-0.2, 0) is 16.6 Å². The summed E-state index contributed by atoms with van der Waals surface area (Å²) in [6, 6.07) is 4.95. The fourth-order valence-electron chi connectivity index (χ4n) is 1.78. The lowest BCUT2D eigenvalue weighted by Gasteiger charge is -2.11. The van der Waals surface area contributed by atoms with Gasteiger partial charge < -0.3 is 5.11 Å². The number of benzene rings is 1. The molecule has 0 bridgehead atoms. The Kier molecular flexibility index (Phi) is 6.85. The van der Waals surface area contributed by atoms with Gasteiger partial charge in [0.1, 0.15) is 0 Å². The van der Waals surface area contributed by atoms with Crippen molar-refractivity contribution in [3.05, 3.63) is 29.3 Å². The van der Waals surface area contributed by atoms with E-state index >= 15 is 0 Å². The van der Waals surface area contributed by atoms with E-state index in [1.807, 2.05) is 6.26 Å². The van der Waals surface area contributed by atoms with Crippen molar-refractivity contribution in [2.24, 2.45) is 0 Å². The number of aliphatic hydroxyl groups excluding tert-OH is 1. The van der Waals surface area contributed by atoms with Gasteiger partial charge in [0.25, 0.3) is 0 Å². The third-order valence-corrected chi connectivity index (χ3v) is 5.23. The van der Waals surface area contributed by atoms with Gasteiger partial charge in [-0.05, 0) is 49.0 Å². The Hall–Kier alpha value is -0.560. The molecular weight excluding hydrogens is 282 g/mol. The number of aliphatic hydroxyl groups is 1. The van der Waals surface area contributed by atoms with E-state index in [4.69, 9.17) is 5.11 Å². The minimum atomic E-state index is -3.48. The first-order valence-corrected chi connectivity index (χ1v) is 9.08. The summed E-state index contributed by atoms with van der Waals surface area (Å²) >= 11 is 1.76. The highest BCUT2D eigenvalue weighted by Crippen LogP contribution is 2.18. The van der Waals surface area contributed by atoms with Crippen LogP contribution in [0, 0.1) is 6.92 Å². The molecule has 0 aromatic heterocycles. The minimum Gasteiger partial charge on any atom is -0.392 e. The summed E-state index contributed by atoms with van der Waals surface area (Å²) in [7, 11) is -3.48. The highest BCUT2D eigenvalue weighted by atomic mass is 32.2. The number of rotatable bonds is 8. The molecule has 0 atom stereocenters. The average molecular weight is 303 g/mol. The lowest BCUT2D eigenvalue weighted by molar-refractivity contribution is 0.280. The Morgan fingerprint density at radius 3 is 2.68 bits per heavy atom. The zero-order chi connectivity index (χ0) is 14.3. The van der Waals surface area contributed by atoms with Gasteiger partial charge >= 0.3 is 0 Å². The minimum absolute atomic E-state index is 0.150. The monoisotopic (exact) mass is 303 g/mol. The molecule has 0 amide bonds. The predicted octanol–water partition coefficient (Wildman–Crippen LogP) is 1.91. The van der Waals surface area contributed by atoms with E-state index in [-0.39, 0.29) is 11.5 Å². The zero-order valence-corrected chi connectivity index (χ0v) is 13.0. The third kappa shape index (κ3) is 4.80. The van der Waals surface area contributed by atoms with Crippen LogP contribution < -0.4 is 4.72 Å². The largest absolute Gasteiger partial charge is 0.392 e. The highest BCUT2D eigenvalue weighted by molar-refractivity contribution is 7.98. The maximum absolute atomic E-state index is 12.2. The molecule has 0 radical (unpaired) electrons. The summed E-state index contributed by atoms with van der Waals surface area (Å²) in [5.41, 5.74) is 1.26. The smallest absolute Gasteiger partial charge is 0.240 e. The van der Waals surface area contributed by atoms with E-state index in [0.717, 1.165) is 18.6 Å². The molecule has 19 heavy (non-hydrogen) atoms. The van der Waals surface area contributed by atoms with E-state index in [1.165, 1.54) is 0 Å². The van der Waals surface area contributed by atoms with Crippen LogP contribution in [0.3, 0.4) is 0 Å². The quantitative estimate of drug-likeness (QED) is 0.720. The van der Waals surface area contributed by atoms with Crippen molar-refractivity contribution in [3.63, 3.8) is 0 Å². The van der Waals surface area contributed by atoms with E-state index in [0.29, 0.717) is 17.7 Å². The maximum Gasteiger partial charge on any atom is 0.240 e. The molecule has 108 valence electrons. The molecule has 0 fully saturated rings. The molecule has 2 N–H and O–H groups in total. The second-order valence-electron chi connectivity index (χ2n) is 4.30. The Labute approximate surface area is 119 Å². The summed E-state index contributed by atoms with van der Waals surface area (Å²) in [6.45, 7) is 2.02. The fraction of sp³-hybridized carbons (Fsp3) is 0.538. The summed E-state index contributed by atoms with van der Waals surface area (Å²) < 4.78 is 26.9. The van der Waals surface area contributed by atoms with Crippen molar-refractivity contribution in [2.75, 3.05) is 18.6 Å². The van der Waals surface area contributed by atoms with Crippen molar-refractivity contribution in [3.8, 4) is 0 Å². The van der Waals surface area contributed by atoms with Gasteiger partial charge in [0.05, 0.1) is 11.5 Å². The maximum atomic E-state index is 12.2. The van der Waals surface area contributed by atoms with Gasteiger partial charge in [0.2, 0.25) is 10.0 Å². The number of thioether (sulfide) groups is 1. The van der Waals surface area contributed by atoms with Gasteiger partial charge in [-0.1, -0.05) is 12.1 Å². The summed E-state index contributed by atoms with van der Waals surface area (Å²) in [6.07, 6.45) is 3.87. The Bertz CT molecular complexity index is 501. The molecule has 1 aromatic rings. The molecule has 0 aliphatic heterocycles. The van der Waals surface area contributed by atoms with E-state index in [1.54, 1.807) is 36.9 Å². The average Bonchev–Trinajstić information content (AvgIpc) is 2.38. The van der Waals surface area contributed by atoms with Crippen molar-refractivity contribution in [1.82, 2.24) is 4.72 Å². The topological polar surface area (TPSA) is 66.4 Å². The zero-order valence-electron chi connectivity index (χ0n) is 11.3. The molecule has 0 saturated heterocycles. The van der Waals surface area contributed by atoms with Crippen LogP contribution in [0.4, 0.5) is 0 Å². The molecule has 4 nitrogen and oxygen atoms in total. The molecule has 0 saturated carbocycles. The normalized spacial score (nSPS) is 11.7. The molecule has 1 aromatic carbocycles. The van der Waals surface area contributed by atoms with Crippen LogP contribution in [-0.4, -0.2) is 32.1 Å². The number of sulfonamides is 1. The van der Waals surface area contributed by atoms with Crippen molar-refractivity contribution in [1.29, 1.82) is 0 Å². The first-order valence-electron chi connectivity index (χ1n) is 6.21.